The fourth-order valence-electron chi connectivity index (χ4n) is 1.36. The zero-order chi connectivity index (χ0) is 12.6. The van der Waals surface area contributed by atoms with Crippen LogP contribution >= 0.6 is 27.3 Å². The maximum atomic E-state index is 11.6. The first-order valence-electron chi connectivity index (χ1n) is 5.14. The molecule has 0 saturated heterocycles. The molecule has 1 aromatic carbocycles. The summed E-state index contributed by atoms with van der Waals surface area (Å²) in [6.45, 7) is 3.71. The van der Waals surface area contributed by atoms with Gasteiger partial charge >= 0.3 is 0 Å². The van der Waals surface area contributed by atoms with Gasteiger partial charge in [-0.15, -0.1) is 0 Å². The van der Waals surface area contributed by atoms with E-state index in [1.165, 1.54) is 11.3 Å². The van der Waals surface area contributed by atoms with E-state index >= 15 is 0 Å². The summed E-state index contributed by atoms with van der Waals surface area (Å²) in [6, 6.07) is 3.72. The number of amides is 1. The van der Waals surface area contributed by atoms with Crippen molar-refractivity contribution in [2.24, 2.45) is 5.92 Å². The van der Waals surface area contributed by atoms with Gasteiger partial charge in [0.1, 0.15) is 0 Å². The number of nitrogens with zero attached hydrogens (tertiary/aromatic N) is 1. The van der Waals surface area contributed by atoms with E-state index in [4.69, 9.17) is 5.73 Å². The van der Waals surface area contributed by atoms with Crippen molar-refractivity contribution in [3.63, 3.8) is 0 Å². The number of carbonyl (C=O) groups excluding carboxylic acids is 1. The summed E-state index contributed by atoms with van der Waals surface area (Å²) < 4.78 is 1.79. The van der Waals surface area contributed by atoms with Crippen LogP contribution in [0.3, 0.4) is 0 Å². The largest absolute Gasteiger partial charge is 0.375 e. The lowest BCUT2D eigenvalue weighted by Crippen LogP contribution is -2.17. The molecule has 90 valence electrons. The number of aromatic nitrogens is 1. The zero-order valence-corrected chi connectivity index (χ0v) is 11.9. The van der Waals surface area contributed by atoms with E-state index in [9.17, 15) is 4.79 Å². The van der Waals surface area contributed by atoms with Crippen LogP contribution in [0.2, 0.25) is 0 Å². The number of anilines is 2. The smallest absolute Gasteiger partial charge is 0.226 e. The lowest BCUT2D eigenvalue weighted by Gasteiger charge is -2.08. The summed E-state index contributed by atoms with van der Waals surface area (Å²) in [5.41, 5.74) is 7.24. The Morgan fingerprint density at radius 2 is 2.24 bits per heavy atom. The molecule has 0 radical (unpaired) electrons. The number of thiazole rings is 1. The summed E-state index contributed by atoms with van der Waals surface area (Å²) in [7, 11) is 0. The normalized spacial score (nSPS) is 11.1. The van der Waals surface area contributed by atoms with Crippen LogP contribution in [0.25, 0.3) is 10.2 Å². The van der Waals surface area contributed by atoms with Gasteiger partial charge in [-0.3, -0.25) is 4.79 Å². The van der Waals surface area contributed by atoms with Crippen molar-refractivity contribution in [1.82, 2.24) is 4.98 Å². The van der Waals surface area contributed by atoms with E-state index in [1.807, 2.05) is 26.0 Å². The number of benzene rings is 1. The van der Waals surface area contributed by atoms with Gasteiger partial charge in [-0.1, -0.05) is 25.2 Å². The Bertz CT molecular complexity index is 579. The Hall–Kier alpha value is -1.14. The van der Waals surface area contributed by atoms with Gasteiger partial charge in [0.2, 0.25) is 5.91 Å². The third-order valence-electron chi connectivity index (χ3n) is 2.26. The number of nitrogen functional groups attached to an aromatic ring is 1. The van der Waals surface area contributed by atoms with E-state index in [0.29, 0.717) is 5.13 Å². The Balaban J connectivity index is 2.39. The fourth-order valence-corrected chi connectivity index (χ4v) is 2.85. The van der Waals surface area contributed by atoms with Crippen molar-refractivity contribution in [3.05, 3.63) is 16.6 Å². The van der Waals surface area contributed by atoms with Crippen LogP contribution in [0.4, 0.5) is 10.8 Å². The molecule has 2 aromatic rings. The molecular formula is C11H12BrN3OS. The van der Waals surface area contributed by atoms with Crippen molar-refractivity contribution in [1.29, 1.82) is 0 Å². The van der Waals surface area contributed by atoms with Gasteiger partial charge in [0.25, 0.3) is 0 Å². The van der Waals surface area contributed by atoms with Gasteiger partial charge in [-0.2, -0.15) is 0 Å². The van der Waals surface area contributed by atoms with Crippen molar-refractivity contribution in [3.8, 4) is 0 Å². The first-order chi connectivity index (χ1) is 7.97. The van der Waals surface area contributed by atoms with E-state index in [2.05, 4.69) is 26.2 Å². The van der Waals surface area contributed by atoms with E-state index < -0.39 is 0 Å². The molecule has 3 N–H and O–H groups in total. The minimum absolute atomic E-state index is 0.00580. The Kier molecular flexibility index (Phi) is 3.35. The van der Waals surface area contributed by atoms with Crippen LogP contribution < -0.4 is 11.1 Å². The summed E-state index contributed by atoms with van der Waals surface area (Å²) in [6.07, 6.45) is 0. The summed E-state index contributed by atoms with van der Waals surface area (Å²) >= 11 is 4.83. The first-order valence-corrected chi connectivity index (χ1v) is 6.74. The third kappa shape index (κ3) is 2.58. The molecule has 0 aliphatic rings. The van der Waals surface area contributed by atoms with Crippen molar-refractivity contribution in [2.75, 3.05) is 11.1 Å². The average molecular weight is 314 g/mol. The highest BCUT2D eigenvalue weighted by atomic mass is 79.9. The van der Waals surface area contributed by atoms with Crippen molar-refractivity contribution >= 4 is 54.2 Å². The molecule has 0 atom stereocenters. The van der Waals surface area contributed by atoms with Crippen LogP contribution in [0, 0.1) is 5.92 Å². The molecule has 0 spiro atoms. The van der Waals surface area contributed by atoms with Gasteiger partial charge < -0.3 is 11.1 Å². The number of fused-ring (bicyclic) bond motifs is 1. The molecule has 0 aliphatic carbocycles. The molecule has 6 heteroatoms. The number of nitrogens with one attached hydrogen (secondary N) is 1. The maximum Gasteiger partial charge on any atom is 0.226 e. The minimum atomic E-state index is -0.0454. The Morgan fingerprint density at radius 1 is 1.53 bits per heavy atom. The predicted octanol–water partition coefficient (Wildman–Crippen LogP) is 3.24. The third-order valence-corrected chi connectivity index (χ3v) is 3.69. The van der Waals surface area contributed by atoms with Crippen LogP contribution in [-0.4, -0.2) is 10.9 Å². The van der Waals surface area contributed by atoms with E-state index in [0.717, 1.165) is 20.4 Å². The van der Waals surface area contributed by atoms with Crippen LogP contribution in [0.15, 0.2) is 16.6 Å². The molecular weight excluding hydrogens is 302 g/mol. The molecule has 1 amide bonds. The topological polar surface area (TPSA) is 68.0 Å². The van der Waals surface area contributed by atoms with Gasteiger partial charge in [-0.05, 0) is 28.1 Å². The fraction of sp³-hybridized carbons (Fsp3) is 0.273. The molecule has 0 unspecified atom stereocenters. The van der Waals surface area contributed by atoms with Crippen molar-refractivity contribution in [2.45, 2.75) is 13.8 Å². The second-order valence-corrected chi connectivity index (χ2v) is 5.92. The number of halogens is 1. The Morgan fingerprint density at radius 3 is 2.88 bits per heavy atom. The highest BCUT2D eigenvalue weighted by Gasteiger charge is 2.11. The van der Waals surface area contributed by atoms with Crippen LogP contribution in [-0.2, 0) is 4.79 Å². The molecule has 0 aliphatic heterocycles. The molecule has 1 aromatic heterocycles. The van der Waals surface area contributed by atoms with Crippen LogP contribution in [0.5, 0.6) is 0 Å². The average Bonchev–Trinajstić information content (AvgIpc) is 2.59. The van der Waals surface area contributed by atoms with Gasteiger partial charge in [0, 0.05) is 16.1 Å². The van der Waals surface area contributed by atoms with E-state index in [-0.39, 0.29) is 11.8 Å². The lowest BCUT2D eigenvalue weighted by atomic mass is 10.2. The number of carbonyl (C=O) groups is 1. The molecule has 1 heterocycles. The molecule has 0 saturated carbocycles. The maximum absolute atomic E-state index is 11.6. The SMILES string of the molecule is CC(C)C(=O)Nc1cc(Br)c2nc(N)sc2c1. The quantitative estimate of drug-likeness (QED) is 0.894. The minimum Gasteiger partial charge on any atom is -0.375 e. The molecule has 0 fully saturated rings. The highest BCUT2D eigenvalue weighted by molar-refractivity contribution is 9.10. The predicted molar refractivity (Wildman–Crippen MR) is 75.2 cm³/mol. The summed E-state index contributed by atoms with van der Waals surface area (Å²) in [4.78, 5) is 15.8. The summed E-state index contributed by atoms with van der Waals surface area (Å²) in [5.74, 6) is -0.0512. The second-order valence-electron chi connectivity index (χ2n) is 4.00. The highest BCUT2D eigenvalue weighted by Crippen LogP contribution is 2.32. The number of hydrogen-bond acceptors (Lipinski definition) is 4. The lowest BCUT2D eigenvalue weighted by molar-refractivity contribution is -0.118. The number of nitrogens with two attached hydrogens (primary N) is 1. The zero-order valence-electron chi connectivity index (χ0n) is 9.45. The van der Waals surface area contributed by atoms with Gasteiger partial charge in [-0.25, -0.2) is 4.98 Å². The Labute approximate surface area is 111 Å². The van der Waals surface area contributed by atoms with Crippen molar-refractivity contribution < 1.29 is 4.79 Å². The molecule has 4 nitrogen and oxygen atoms in total. The van der Waals surface area contributed by atoms with Crippen LogP contribution in [0.1, 0.15) is 13.8 Å². The summed E-state index contributed by atoms with van der Waals surface area (Å²) in [5, 5.41) is 3.37. The molecule has 17 heavy (non-hydrogen) atoms. The monoisotopic (exact) mass is 313 g/mol. The van der Waals surface area contributed by atoms with Gasteiger partial charge in [0.05, 0.1) is 10.2 Å². The van der Waals surface area contributed by atoms with E-state index in [1.54, 1.807) is 0 Å². The first kappa shape index (κ1) is 12.3. The molecule has 2 rings (SSSR count). The standard InChI is InChI=1S/C11H12BrN3OS/c1-5(2)10(16)14-6-3-7(12)9-8(4-6)17-11(13)15-9/h3-5H,1-2H3,(H2,13,15)(H,14,16). The number of hydrogen-bond donors (Lipinski definition) is 2. The number of rotatable bonds is 2. The molecule has 0 bridgehead atoms. The van der Waals surface area contributed by atoms with Gasteiger partial charge in [0.15, 0.2) is 5.13 Å². The second kappa shape index (κ2) is 4.62.